The van der Waals surface area contributed by atoms with Gasteiger partial charge in [0.05, 0.1) is 5.69 Å². The minimum absolute atomic E-state index is 0.225. The summed E-state index contributed by atoms with van der Waals surface area (Å²) in [5, 5.41) is 10.2. The summed E-state index contributed by atoms with van der Waals surface area (Å²) in [4.78, 5) is 10.8. The zero-order valence-electron chi connectivity index (χ0n) is 7.90. The molecule has 0 unspecified atom stereocenters. The molecule has 1 aromatic carbocycles. The van der Waals surface area contributed by atoms with Gasteiger partial charge in [0.2, 0.25) is 0 Å². The Labute approximate surface area is 81.6 Å². The van der Waals surface area contributed by atoms with Gasteiger partial charge in [0.15, 0.2) is 6.29 Å². The Bertz CT molecular complexity index is 485. The topological polar surface area (TPSA) is 42.2 Å². The third-order valence-electron chi connectivity index (χ3n) is 2.35. The molecule has 0 saturated heterocycles. The highest BCUT2D eigenvalue weighted by atomic mass is 16.3. The van der Waals surface area contributed by atoms with E-state index in [0.29, 0.717) is 5.69 Å². The van der Waals surface area contributed by atoms with Crippen molar-refractivity contribution >= 4 is 17.2 Å². The summed E-state index contributed by atoms with van der Waals surface area (Å²) in [6.45, 7) is 2.74. The first-order valence-corrected chi connectivity index (χ1v) is 4.53. The van der Waals surface area contributed by atoms with Crippen molar-refractivity contribution in [2.24, 2.45) is 0 Å². The Hall–Kier alpha value is -1.77. The van der Waals surface area contributed by atoms with Crippen molar-refractivity contribution < 1.29 is 9.90 Å². The maximum Gasteiger partial charge on any atom is 0.166 e. The first-order chi connectivity index (χ1) is 6.76. The minimum Gasteiger partial charge on any atom is -0.508 e. The lowest BCUT2D eigenvalue weighted by atomic mass is 10.2. The third-order valence-corrected chi connectivity index (χ3v) is 2.35. The number of aromatic nitrogens is 1. The molecule has 0 amide bonds. The second-order valence-electron chi connectivity index (χ2n) is 3.17. The van der Waals surface area contributed by atoms with Crippen LogP contribution in [0.15, 0.2) is 24.3 Å². The largest absolute Gasteiger partial charge is 0.508 e. The summed E-state index contributed by atoms with van der Waals surface area (Å²) in [5.41, 5.74) is 1.63. The second kappa shape index (κ2) is 3.18. The molecule has 0 aliphatic heterocycles. The molecule has 1 aromatic heterocycles. The summed E-state index contributed by atoms with van der Waals surface area (Å²) in [6.07, 6.45) is 0.834. The van der Waals surface area contributed by atoms with Crippen molar-refractivity contribution in [2.75, 3.05) is 0 Å². The molecule has 1 heterocycles. The van der Waals surface area contributed by atoms with Crippen LogP contribution in [0.25, 0.3) is 10.9 Å². The monoisotopic (exact) mass is 189 g/mol. The van der Waals surface area contributed by atoms with Crippen molar-refractivity contribution in [3.05, 3.63) is 30.0 Å². The number of aromatic hydroxyl groups is 1. The van der Waals surface area contributed by atoms with Crippen LogP contribution in [-0.4, -0.2) is 16.0 Å². The van der Waals surface area contributed by atoms with Gasteiger partial charge in [0, 0.05) is 17.4 Å². The Morgan fingerprint density at radius 2 is 2.21 bits per heavy atom. The normalized spacial score (nSPS) is 10.6. The number of aldehydes is 1. The van der Waals surface area contributed by atoms with Gasteiger partial charge in [-0.2, -0.15) is 0 Å². The predicted molar refractivity (Wildman–Crippen MR) is 54.7 cm³/mol. The zero-order chi connectivity index (χ0) is 10.1. The van der Waals surface area contributed by atoms with E-state index in [4.69, 9.17) is 0 Å². The van der Waals surface area contributed by atoms with Crippen LogP contribution < -0.4 is 0 Å². The standard InChI is InChI=1S/C11H11NO2/c1-2-12-9(7-13)5-8-6-10(14)3-4-11(8)12/h3-7,14H,2H2,1H3. The van der Waals surface area contributed by atoms with Gasteiger partial charge in [-0.15, -0.1) is 0 Å². The van der Waals surface area contributed by atoms with Crippen LogP contribution >= 0.6 is 0 Å². The molecule has 3 nitrogen and oxygen atoms in total. The highest BCUT2D eigenvalue weighted by Gasteiger charge is 2.06. The first kappa shape index (κ1) is 8.81. The van der Waals surface area contributed by atoms with Crippen molar-refractivity contribution in [1.82, 2.24) is 4.57 Å². The van der Waals surface area contributed by atoms with Gasteiger partial charge in [-0.05, 0) is 31.2 Å². The smallest absolute Gasteiger partial charge is 0.166 e. The van der Waals surface area contributed by atoms with Crippen LogP contribution in [0.1, 0.15) is 17.4 Å². The van der Waals surface area contributed by atoms with Crippen LogP contribution in [0, 0.1) is 0 Å². The molecule has 2 rings (SSSR count). The number of benzene rings is 1. The molecule has 72 valence electrons. The van der Waals surface area contributed by atoms with Gasteiger partial charge >= 0.3 is 0 Å². The zero-order valence-corrected chi connectivity index (χ0v) is 7.90. The van der Waals surface area contributed by atoms with E-state index in [1.54, 1.807) is 18.2 Å². The number of aryl methyl sites for hydroxylation is 1. The van der Waals surface area contributed by atoms with Crippen molar-refractivity contribution in [3.63, 3.8) is 0 Å². The average molecular weight is 189 g/mol. The molecular weight excluding hydrogens is 178 g/mol. The average Bonchev–Trinajstić information content (AvgIpc) is 2.54. The lowest BCUT2D eigenvalue weighted by molar-refractivity contribution is 0.111. The Kier molecular flexibility index (Phi) is 2.00. The van der Waals surface area contributed by atoms with Crippen LogP contribution in [-0.2, 0) is 6.54 Å². The number of nitrogens with zero attached hydrogens (tertiary/aromatic N) is 1. The van der Waals surface area contributed by atoms with Crippen LogP contribution in [0.2, 0.25) is 0 Å². The number of carbonyl (C=O) groups is 1. The first-order valence-electron chi connectivity index (χ1n) is 4.53. The number of hydrogen-bond donors (Lipinski definition) is 1. The number of rotatable bonds is 2. The molecule has 2 aromatic rings. The maximum atomic E-state index is 10.8. The van der Waals surface area contributed by atoms with E-state index in [0.717, 1.165) is 23.7 Å². The molecule has 0 aliphatic carbocycles. The molecule has 0 saturated carbocycles. The Morgan fingerprint density at radius 1 is 1.43 bits per heavy atom. The molecule has 0 fully saturated rings. The lowest BCUT2D eigenvalue weighted by Crippen LogP contribution is -1.98. The summed E-state index contributed by atoms with van der Waals surface area (Å²) in [5.74, 6) is 0.225. The number of phenolic OH excluding ortho intramolecular Hbond substituents is 1. The number of carbonyl (C=O) groups excluding carboxylic acids is 1. The van der Waals surface area contributed by atoms with E-state index >= 15 is 0 Å². The molecule has 0 bridgehead atoms. The summed E-state index contributed by atoms with van der Waals surface area (Å²) in [7, 11) is 0. The van der Waals surface area contributed by atoms with Gasteiger partial charge in [0.25, 0.3) is 0 Å². The van der Waals surface area contributed by atoms with Gasteiger partial charge in [-0.1, -0.05) is 0 Å². The molecule has 1 N–H and O–H groups in total. The summed E-state index contributed by atoms with van der Waals surface area (Å²) < 4.78 is 1.92. The van der Waals surface area contributed by atoms with E-state index < -0.39 is 0 Å². The molecule has 0 aliphatic rings. The maximum absolute atomic E-state index is 10.8. The number of fused-ring (bicyclic) bond motifs is 1. The number of hydrogen-bond acceptors (Lipinski definition) is 2. The molecule has 0 radical (unpaired) electrons. The van der Waals surface area contributed by atoms with Crippen LogP contribution in [0.3, 0.4) is 0 Å². The summed E-state index contributed by atoms with van der Waals surface area (Å²) >= 11 is 0. The van der Waals surface area contributed by atoms with Crippen molar-refractivity contribution in [3.8, 4) is 5.75 Å². The Balaban J connectivity index is 2.79. The van der Waals surface area contributed by atoms with Gasteiger partial charge in [0.1, 0.15) is 5.75 Å². The van der Waals surface area contributed by atoms with E-state index in [1.165, 1.54) is 0 Å². The number of phenols is 1. The molecule has 0 atom stereocenters. The SMILES string of the molecule is CCn1c(C=O)cc2cc(O)ccc21. The van der Waals surface area contributed by atoms with E-state index in [9.17, 15) is 9.90 Å². The van der Waals surface area contributed by atoms with Gasteiger partial charge < -0.3 is 9.67 Å². The summed E-state index contributed by atoms with van der Waals surface area (Å²) in [6, 6.07) is 6.89. The molecule has 0 spiro atoms. The third kappa shape index (κ3) is 1.18. The molecular formula is C11H11NO2. The minimum atomic E-state index is 0.225. The highest BCUT2D eigenvalue weighted by molar-refractivity contribution is 5.89. The highest BCUT2D eigenvalue weighted by Crippen LogP contribution is 2.23. The van der Waals surface area contributed by atoms with Crippen molar-refractivity contribution in [1.29, 1.82) is 0 Å². The van der Waals surface area contributed by atoms with Crippen LogP contribution in [0.4, 0.5) is 0 Å². The predicted octanol–water partition coefficient (Wildman–Crippen LogP) is 2.18. The van der Waals surface area contributed by atoms with Gasteiger partial charge in [-0.3, -0.25) is 4.79 Å². The van der Waals surface area contributed by atoms with Crippen LogP contribution in [0.5, 0.6) is 5.75 Å². The van der Waals surface area contributed by atoms with Crippen molar-refractivity contribution in [2.45, 2.75) is 13.5 Å². The quantitative estimate of drug-likeness (QED) is 0.736. The van der Waals surface area contributed by atoms with Gasteiger partial charge in [-0.25, -0.2) is 0 Å². The molecule has 14 heavy (non-hydrogen) atoms. The fraction of sp³-hybridized carbons (Fsp3) is 0.182. The fourth-order valence-corrected chi connectivity index (χ4v) is 1.73. The lowest BCUT2D eigenvalue weighted by Gasteiger charge is -2.02. The van der Waals surface area contributed by atoms with E-state index in [1.807, 2.05) is 17.6 Å². The molecule has 3 heteroatoms. The fourth-order valence-electron chi connectivity index (χ4n) is 1.73. The van der Waals surface area contributed by atoms with E-state index in [2.05, 4.69) is 0 Å². The van der Waals surface area contributed by atoms with E-state index in [-0.39, 0.29) is 5.75 Å². The second-order valence-corrected chi connectivity index (χ2v) is 3.17. The Morgan fingerprint density at radius 3 is 2.86 bits per heavy atom.